The van der Waals surface area contributed by atoms with Crippen molar-refractivity contribution in [3.8, 4) is 0 Å². The molecular weight excluding hydrogens is 218 g/mol. The summed E-state index contributed by atoms with van der Waals surface area (Å²) >= 11 is 0. The van der Waals surface area contributed by atoms with Crippen molar-refractivity contribution in [2.24, 2.45) is 0 Å². The van der Waals surface area contributed by atoms with Crippen LogP contribution < -0.4 is 5.32 Å². The van der Waals surface area contributed by atoms with Crippen LogP contribution in [0.25, 0.3) is 0 Å². The van der Waals surface area contributed by atoms with Crippen LogP contribution in [-0.4, -0.2) is 33.9 Å². The predicted molar refractivity (Wildman–Crippen MR) is 57.2 cm³/mol. The Bertz CT molecular complexity index is 320. The number of carbonyl (C=O) groups is 1. The van der Waals surface area contributed by atoms with E-state index in [0.29, 0.717) is 12.8 Å². The van der Waals surface area contributed by atoms with E-state index in [9.17, 15) is 9.90 Å². The normalized spacial score (nSPS) is 19.2. The Hall–Kier alpha value is -1.07. The first kappa shape index (κ1) is 12.0. The van der Waals surface area contributed by atoms with Crippen molar-refractivity contribution < 1.29 is 9.90 Å². The van der Waals surface area contributed by atoms with Crippen LogP contribution >= 0.6 is 12.4 Å². The molecule has 0 spiro atoms. The average molecular weight is 232 g/mol. The second-order valence-corrected chi connectivity index (χ2v) is 3.54. The molecule has 2 heterocycles. The molecule has 15 heavy (non-hydrogen) atoms. The second kappa shape index (κ2) is 4.63. The van der Waals surface area contributed by atoms with Crippen LogP contribution in [0.5, 0.6) is 0 Å². The number of rotatable bonds is 2. The fraction of sp³-hybridized carbons (Fsp3) is 0.556. The molecule has 6 heteroatoms. The number of carboxylic acids is 1. The largest absolute Gasteiger partial charge is 0.479 e. The molecule has 84 valence electrons. The zero-order valence-corrected chi connectivity index (χ0v) is 9.04. The van der Waals surface area contributed by atoms with Gasteiger partial charge < -0.3 is 10.4 Å². The van der Waals surface area contributed by atoms with E-state index in [4.69, 9.17) is 0 Å². The third-order valence-electron chi connectivity index (χ3n) is 2.77. The number of aliphatic carboxylic acids is 1. The maximum absolute atomic E-state index is 11.3. The zero-order valence-electron chi connectivity index (χ0n) is 8.22. The molecule has 0 amide bonds. The monoisotopic (exact) mass is 231 g/mol. The Morgan fingerprint density at radius 2 is 2.13 bits per heavy atom. The van der Waals surface area contributed by atoms with Gasteiger partial charge in [-0.2, -0.15) is 5.10 Å². The lowest BCUT2D eigenvalue weighted by Gasteiger charge is -2.33. The minimum absolute atomic E-state index is 0. The highest BCUT2D eigenvalue weighted by Gasteiger charge is 2.41. The molecule has 1 saturated heterocycles. The third kappa shape index (κ3) is 1.98. The Morgan fingerprint density at radius 1 is 1.47 bits per heavy atom. The first-order valence-corrected chi connectivity index (χ1v) is 4.70. The van der Waals surface area contributed by atoms with Crippen LogP contribution in [0.3, 0.4) is 0 Å². The number of aromatic nitrogens is 2. The lowest BCUT2D eigenvalue weighted by Crippen LogP contribution is -2.50. The van der Waals surface area contributed by atoms with Crippen LogP contribution in [0.2, 0.25) is 0 Å². The number of piperidine rings is 1. The van der Waals surface area contributed by atoms with Gasteiger partial charge in [0.2, 0.25) is 0 Å². The Labute approximate surface area is 93.9 Å². The van der Waals surface area contributed by atoms with Gasteiger partial charge in [0.05, 0.1) is 0 Å². The molecule has 5 nitrogen and oxygen atoms in total. The summed E-state index contributed by atoms with van der Waals surface area (Å²) in [5, 5.41) is 16.5. The van der Waals surface area contributed by atoms with Crippen molar-refractivity contribution in [2.75, 3.05) is 13.1 Å². The van der Waals surface area contributed by atoms with Crippen LogP contribution in [0.1, 0.15) is 12.8 Å². The molecule has 0 bridgehead atoms. The lowest BCUT2D eigenvalue weighted by atomic mass is 9.89. The molecule has 0 radical (unpaired) electrons. The quantitative estimate of drug-likeness (QED) is 0.777. The van der Waals surface area contributed by atoms with E-state index in [0.717, 1.165) is 13.1 Å². The number of halogens is 1. The molecule has 1 fully saturated rings. The van der Waals surface area contributed by atoms with Crippen LogP contribution in [-0.2, 0) is 10.3 Å². The smallest absolute Gasteiger partial charge is 0.331 e. The summed E-state index contributed by atoms with van der Waals surface area (Å²) in [7, 11) is 0. The van der Waals surface area contributed by atoms with Crippen molar-refractivity contribution in [1.82, 2.24) is 15.1 Å². The SMILES string of the molecule is Cl.O=C(O)C1(n2cccn2)CCNCC1. The summed E-state index contributed by atoms with van der Waals surface area (Å²) in [6.45, 7) is 1.46. The van der Waals surface area contributed by atoms with E-state index in [1.54, 1.807) is 23.1 Å². The van der Waals surface area contributed by atoms with E-state index >= 15 is 0 Å². The molecule has 1 aromatic heterocycles. The van der Waals surface area contributed by atoms with Gasteiger partial charge in [-0.1, -0.05) is 0 Å². The number of hydrogen-bond acceptors (Lipinski definition) is 3. The van der Waals surface area contributed by atoms with Crippen molar-refractivity contribution in [3.63, 3.8) is 0 Å². The molecule has 2 N–H and O–H groups in total. The van der Waals surface area contributed by atoms with E-state index in [-0.39, 0.29) is 12.4 Å². The van der Waals surface area contributed by atoms with Gasteiger partial charge in [-0.05, 0) is 32.0 Å². The van der Waals surface area contributed by atoms with E-state index < -0.39 is 11.5 Å². The minimum atomic E-state index is -0.839. The minimum Gasteiger partial charge on any atom is -0.479 e. The van der Waals surface area contributed by atoms with E-state index in [1.165, 1.54) is 0 Å². The number of carboxylic acid groups (broad SMARTS) is 1. The Morgan fingerprint density at radius 3 is 2.60 bits per heavy atom. The molecule has 1 aliphatic rings. The lowest BCUT2D eigenvalue weighted by molar-refractivity contribution is -0.149. The molecular formula is C9H14ClN3O2. The predicted octanol–water partition coefficient (Wildman–Crippen LogP) is 0.468. The maximum Gasteiger partial charge on any atom is 0.331 e. The summed E-state index contributed by atoms with van der Waals surface area (Å²) in [6.07, 6.45) is 4.51. The topological polar surface area (TPSA) is 67.1 Å². The van der Waals surface area contributed by atoms with Gasteiger partial charge in [0.15, 0.2) is 5.54 Å². The first-order valence-electron chi connectivity index (χ1n) is 4.70. The highest BCUT2D eigenvalue weighted by Crippen LogP contribution is 2.26. The van der Waals surface area contributed by atoms with Gasteiger partial charge in [0, 0.05) is 12.4 Å². The van der Waals surface area contributed by atoms with Crippen LogP contribution in [0, 0.1) is 0 Å². The van der Waals surface area contributed by atoms with Crippen molar-refractivity contribution in [3.05, 3.63) is 18.5 Å². The third-order valence-corrected chi connectivity index (χ3v) is 2.77. The molecule has 1 aliphatic heterocycles. The summed E-state index contributed by atoms with van der Waals surface area (Å²) in [5.41, 5.74) is -0.839. The molecule has 0 aliphatic carbocycles. The van der Waals surface area contributed by atoms with Crippen molar-refractivity contribution >= 4 is 18.4 Å². The first-order chi connectivity index (χ1) is 6.76. The fourth-order valence-electron chi connectivity index (χ4n) is 1.90. The summed E-state index contributed by atoms with van der Waals surface area (Å²) in [5.74, 6) is -0.789. The number of hydrogen-bond donors (Lipinski definition) is 2. The van der Waals surface area contributed by atoms with Crippen LogP contribution in [0.4, 0.5) is 0 Å². The fourth-order valence-corrected chi connectivity index (χ4v) is 1.90. The van der Waals surface area contributed by atoms with Gasteiger partial charge in [0.1, 0.15) is 0 Å². The Kier molecular flexibility index (Phi) is 3.71. The van der Waals surface area contributed by atoms with Gasteiger partial charge in [-0.15, -0.1) is 12.4 Å². The van der Waals surface area contributed by atoms with Gasteiger partial charge in [-0.25, -0.2) is 4.79 Å². The molecule has 2 rings (SSSR count). The molecule has 0 aromatic carbocycles. The van der Waals surface area contributed by atoms with Crippen molar-refractivity contribution in [2.45, 2.75) is 18.4 Å². The molecule has 1 aromatic rings. The Balaban J connectivity index is 0.00000112. The standard InChI is InChI=1S/C9H13N3O2.ClH/c13-8(14)9(2-5-10-6-3-9)12-7-1-4-11-12;/h1,4,7,10H,2-3,5-6H2,(H,13,14);1H. The summed E-state index contributed by atoms with van der Waals surface area (Å²) < 4.78 is 1.57. The molecule has 0 atom stereocenters. The molecule has 0 unspecified atom stereocenters. The number of nitrogens with zero attached hydrogens (tertiary/aromatic N) is 2. The summed E-state index contributed by atoms with van der Waals surface area (Å²) in [6, 6.07) is 1.76. The summed E-state index contributed by atoms with van der Waals surface area (Å²) in [4.78, 5) is 11.3. The highest BCUT2D eigenvalue weighted by molar-refractivity contribution is 5.85. The molecule has 0 saturated carbocycles. The maximum atomic E-state index is 11.3. The van der Waals surface area contributed by atoms with Gasteiger partial charge in [-0.3, -0.25) is 4.68 Å². The second-order valence-electron chi connectivity index (χ2n) is 3.54. The van der Waals surface area contributed by atoms with Crippen molar-refractivity contribution in [1.29, 1.82) is 0 Å². The van der Waals surface area contributed by atoms with E-state index in [2.05, 4.69) is 10.4 Å². The zero-order chi connectivity index (χ0) is 10.0. The average Bonchev–Trinajstić information content (AvgIpc) is 2.72. The van der Waals surface area contributed by atoms with E-state index in [1.807, 2.05) is 0 Å². The van der Waals surface area contributed by atoms with Gasteiger partial charge in [0.25, 0.3) is 0 Å². The van der Waals surface area contributed by atoms with Crippen LogP contribution in [0.15, 0.2) is 18.5 Å². The highest BCUT2D eigenvalue weighted by atomic mass is 35.5. The number of nitrogens with one attached hydrogen (secondary N) is 1. The van der Waals surface area contributed by atoms with Gasteiger partial charge >= 0.3 is 5.97 Å².